The molecule has 3 aromatic rings. The predicted octanol–water partition coefficient (Wildman–Crippen LogP) is 4.72. The minimum atomic E-state index is -0.147. The fourth-order valence-electron chi connectivity index (χ4n) is 2.18. The Morgan fingerprint density at radius 3 is 2.04 bits per heavy atom. The van der Waals surface area contributed by atoms with E-state index in [1.807, 2.05) is 54.6 Å². The average Bonchev–Trinajstić information content (AvgIpc) is 3.35. The Morgan fingerprint density at radius 2 is 1.56 bits per heavy atom. The molecule has 0 saturated heterocycles. The number of rotatable bonds is 5. The SMILES string of the molecule is C=C(C(=O)c1ccc(OC)cc1OC)[c-]1cccc1.[Fe].[cH-]1[cH-][cH-][cH-][cH-]1. The number of benzene rings is 1. The van der Waals surface area contributed by atoms with Crippen molar-refractivity contribution in [1.82, 2.24) is 0 Å². The molecule has 0 aliphatic carbocycles. The molecule has 136 valence electrons. The summed E-state index contributed by atoms with van der Waals surface area (Å²) < 4.78 is 10.3. The molecule has 0 aromatic heterocycles. The van der Waals surface area contributed by atoms with E-state index in [0.717, 1.165) is 5.56 Å². The zero-order valence-corrected chi connectivity index (χ0v) is 15.3. The second kappa shape index (κ2) is 10.3. The van der Waals surface area contributed by atoms with Gasteiger partial charge in [0.25, 0.3) is 0 Å². The molecule has 0 heterocycles. The zero-order valence-electron chi connectivity index (χ0n) is 14.2. The van der Waals surface area contributed by atoms with E-state index in [1.54, 1.807) is 25.3 Å². The Morgan fingerprint density at radius 1 is 1.00 bits per heavy atom. The molecule has 0 N–H and O–H groups in total. The molecule has 0 atom stereocenters. The third-order valence-electron chi connectivity index (χ3n) is 3.49. The Labute approximate surface area is 159 Å². The van der Waals surface area contributed by atoms with Gasteiger partial charge >= 0.3 is 0 Å². The van der Waals surface area contributed by atoms with Gasteiger partial charge in [-0.05, 0) is 6.07 Å². The molecule has 0 fully saturated rings. The van der Waals surface area contributed by atoms with E-state index < -0.39 is 0 Å². The van der Waals surface area contributed by atoms with Gasteiger partial charge in [0, 0.05) is 28.7 Å². The summed E-state index contributed by atoms with van der Waals surface area (Å²) in [6, 6.07) is 22.6. The minimum Gasteiger partial charge on any atom is -0.748 e. The van der Waals surface area contributed by atoms with Crippen molar-refractivity contribution in [3.63, 3.8) is 0 Å². The molecule has 0 amide bonds. The molecule has 0 aliphatic heterocycles. The predicted molar refractivity (Wildman–Crippen MR) is 97.0 cm³/mol. The number of hydrogen-bond acceptors (Lipinski definition) is 3. The van der Waals surface area contributed by atoms with Crippen molar-refractivity contribution in [3.8, 4) is 11.5 Å². The van der Waals surface area contributed by atoms with E-state index in [4.69, 9.17) is 9.47 Å². The van der Waals surface area contributed by atoms with Crippen LogP contribution in [0, 0.1) is 0 Å². The first kappa shape index (κ1) is 20.5. The van der Waals surface area contributed by atoms with E-state index in [-0.39, 0.29) is 22.9 Å². The molecule has 0 saturated carbocycles. The van der Waals surface area contributed by atoms with E-state index in [9.17, 15) is 4.79 Å². The van der Waals surface area contributed by atoms with Crippen LogP contribution in [-0.2, 0) is 17.1 Å². The van der Waals surface area contributed by atoms with Gasteiger partial charge in [-0.1, -0.05) is 17.2 Å². The fraction of sp³-hybridized carbons (Fsp3) is 0.0952. The number of carbonyl (C=O) groups excluding carboxylic acids is 1. The standard InChI is InChI=1S/C16H15O3.C5H5.Fe/c1-11(12-6-4-5-7-12)16(17)14-9-8-13(18-2)10-15(14)19-3;1-2-4-5-3-1;/h4-10H,1H2,2-3H3;1-5H;/q-1;-5;. The number of ether oxygens (including phenoxy) is 2. The number of hydrogen-bond donors (Lipinski definition) is 0. The maximum Gasteiger partial charge on any atom is 0.129 e. The number of ketones is 1. The Hall–Kier alpha value is -2.55. The van der Waals surface area contributed by atoms with Gasteiger partial charge in [0.05, 0.1) is 14.2 Å². The van der Waals surface area contributed by atoms with E-state index in [2.05, 4.69) is 6.58 Å². The zero-order chi connectivity index (χ0) is 17.4. The number of methoxy groups -OCH3 is 2. The number of allylic oxidation sites excluding steroid dienone is 1. The maximum absolute atomic E-state index is 12.4. The summed E-state index contributed by atoms with van der Waals surface area (Å²) >= 11 is 0. The second-order valence-corrected chi connectivity index (χ2v) is 5.01. The quantitative estimate of drug-likeness (QED) is 0.280. The van der Waals surface area contributed by atoms with Crippen LogP contribution >= 0.6 is 0 Å². The first-order valence-corrected chi connectivity index (χ1v) is 7.51. The number of Topliss-reactive ketones (excluding diaryl/α,β-unsaturated/α-hetero) is 1. The third-order valence-corrected chi connectivity index (χ3v) is 3.49. The maximum atomic E-state index is 12.4. The van der Waals surface area contributed by atoms with Gasteiger partial charge in [0.1, 0.15) is 17.3 Å². The third kappa shape index (κ3) is 5.49. The van der Waals surface area contributed by atoms with Gasteiger partial charge in [0.15, 0.2) is 0 Å². The van der Waals surface area contributed by atoms with Crippen LogP contribution in [0.5, 0.6) is 11.5 Å². The van der Waals surface area contributed by atoms with E-state index in [1.165, 1.54) is 7.11 Å². The molecule has 0 spiro atoms. The van der Waals surface area contributed by atoms with Gasteiger partial charge in [-0.15, -0.1) is 12.1 Å². The van der Waals surface area contributed by atoms with Crippen LogP contribution < -0.4 is 9.47 Å². The van der Waals surface area contributed by atoms with Crippen LogP contribution in [0.3, 0.4) is 0 Å². The molecule has 0 unspecified atom stereocenters. The molecule has 0 radical (unpaired) electrons. The summed E-state index contributed by atoms with van der Waals surface area (Å²) in [4.78, 5) is 12.4. The van der Waals surface area contributed by atoms with Gasteiger partial charge < -0.3 is 44.6 Å². The smallest absolute Gasteiger partial charge is 0.129 e. The van der Waals surface area contributed by atoms with E-state index >= 15 is 0 Å². The van der Waals surface area contributed by atoms with E-state index in [0.29, 0.717) is 22.6 Å². The van der Waals surface area contributed by atoms with Crippen LogP contribution in [0.25, 0.3) is 5.57 Å². The fourth-order valence-corrected chi connectivity index (χ4v) is 2.18. The molecule has 4 heteroatoms. The van der Waals surface area contributed by atoms with Crippen molar-refractivity contribution >= 4 is 11.4 Å². The molecule has 3 rings (SSSR count). The van der Waals surface area contributed by atoms with Crippen LogP contribution in [0.4, 0.5) is 0 Å². The van der Waals surface area contributed by atoms with Crippen LogP contribution in [-0.4, -0.2) is 20.0 Å². The largest absolute Gasteiger partial charge is 0.748 e. The van der Waals surface area contributed by atoms with Gasteiger partial charge in [-0.25, -0.2) is 0 Å². The van der Waals surface area contributed by atoms with Crippen molar-refractivity contribution in [2.75, 3.05) is 14.2 Å². The summed E-state index contributed by atoms with van der Waals surface area (Å²) in [5.41, 5.74) is 1.76. The summed E-state index contributed by atoms with van der Waals surface area (Å²) in [5.74, 6) is 0.982. The second-order valence-electron chi connectivity index (χ2n) is 5.01. The molecule has 3 nitrogen and oxygen atoms in total. The first-order valence-electron chi connectivity index (χ1n) is 7.51. The Bertz CT molecular complexity index is 754. The summed E-state index contributed by atoms with van der Waals surface area (Å²) in [6.07, 6.45) is 0. The van der Waals surface area contributed by atoms with Gasteiger partial charge in [-0.3, -0.25) is 0 Å². The number of carbonyl (C=O) groups is 1. The van der Waals surface area contributed by atoms with Crippen LogP contribution in [0.2, 0.25) is 0 Å². The van der Waals surface area contributed by atoms with Crippen molar-refractivity contribution < 1.29 is 31.3 Å². The molecular formula is C21H20FeO3-6. The topological polar surface area (TPSA) is 35.5 Å². The van der Waals surface area contributed by atoms with Crippen LogP contribution in [0.15, 0.2) is 79.4 Å². The van der Waals surface area contributed by atoms with Gasteiger partial charge in [-0.2, -0.15) is 18.7 Å². The summed E-state index contributed by atoms with van der Waals surface area (Å²) in [6.45, 7) is 3.86. The molecule has 0 bridgehead atoms. The summed E-state index contributed by atoms with van der Waals surface area (Å²) in [5, 5.41) is 0. The van der Waals surface area contributed by atoms with Crippen molar-refractivity contribution in [2.24, 2.45) is 0 Å². The van der Waals surface area contributed by atoms with Crippen LogP contribution in [0.1, 0.15) is 15.9 Å². The molecular weight excluding hydrogens is 356 g/mol. The first-order chi connectivity index (χ1) is 11.7. The van der Waals surface area contributed by atoms with Crippen molar-refractivity contribution in [1.29, 1.82) is 0 Å². The molecule has 0 aliphatic rings. The normalized spacial score (nSPS) is 9.20. The Balaban J connectivity index is 0.000000448. The molecule has 3 aromatic carbocycles. The van der Waals surface area contributed by atoms with Crippen molar-refractivity contribution in [3.05, 3.63) is 90.5 Å². The monoisotopic (exact) mass is 376 g/mol. The summed E-state index contributed by atoms with van der Waals surface area (Å²) in [7, 11) is 3.09. The molecule has 25 heavy (non-hydrogen) atoms. The minimum absolute atomic E-state index is 0. The van der Waals surface area contributed by atoms with Gasteiger partial charge in [0.2, 0.25) is 0 Å². The van der Waals surface area contributed by atoms with Crippen molar-refractivity contribution in [2.45, 2.75) is 0 Å². The average molecular weight is 376 g/mol. The Kier molecular flexibility index (Phi) is 8.48.